The molecule has 1 unspecified atom stereocenters. The quantitative estimate of drug-likeness (QED) is 0.636. The fourth-order valence-corrected chi connectivity index (χ4v) is 3.87. The number of hydrogen-bond acceptors (Lipinski definition) is 3. The van der Waals surface area contributed by atoms with Crippen LogP contribution in [0.1, 0.15) is 57.6 Å². The molecule has 1 amide bonds. The van der Waals surface area contributed by atoms with Crippen molar-refractivity contribution in [2.45, 2.75) is 58.9 Å². The Labute approximate surface area is 165 Å². The molecule has 4 heteroatoms. The molecule has 0 saturated carbocycles. The lowest BCUT2D eigenvalue weighted by Crippen LogP contribution is -2.37. The normalized spacial score (nSPS) is 14.7. The molecule has 27 heavy (non-hydrogen) atoms. The molecule has 4 nitrogen and oxygen atoms in total. The van der Waals surface area contributed by atoms with E-state index in [0.717, 1.165) is 58.4 Å². The van der Waals surface area contributed by atoms with Crippen LogP contribution in [-0.4, -0.2) is 49.6 Å². The first-order valence-electron chi connectivity index (χ1n) is 10.6. The van der Waals surface area contributed by atoms with Crippen molar-refractivity contribution in [2.24, 2.45) is 0 Å². The monoisotopic (exact) mass is 371 g/mol. The van der Waals surface area contributed by atoms with Crippen molar-refractivity contribution in [3.8, 4) is 0 Å². The van der Waals surface area contributed by atoms with E-state index < -0.39 is 0 Å². The third kappa shape index (κ3) is 6.69. The van der Waals surface area contributed by atoms with Crippen LogP contribution in [0.2, 0.25) is 0 Å². The maximum Gasteiger partial charge on any atom is 0.221 e. The number of aryl methyl sites for hydroxylation is 1. The SMILES string of the molecule is C=Cc1ccc2c(c1)CCCN2CCC(=O)NC(C)CCCN(CC)CC. The van der Waals surface area contributed by atoms with E-state index in [4.69, 9.17) is 0 Å². The fourth-order valence-electron chi connectivity index (χ4n) is 3.87. The van der Waals surface area contributed by atoms with Gasteiger partial charge in [-0.1, -0.05) is 32.6 Å². The molecule has 150 valence electrons. The molecule has 1 heterocycles. The van der Waals surface area contributed by atoms with Crippen molar-refractivity contribution in [2.75, 3.05) is 37.6 Å². The number of rotatable bonds is 11. The summed E-state index contributed by atoms with van der Waals surface area (Å²) in [5.74, 6) is 0.167. The van der Waals surface area contributed by atoms with Gasteiger partial charge in [-0.05, 0) is 75.5 Å². The van der Waals surface area contributed by atoms with Crippen molar-refractivity contribution in [1.82, 2.24) is 10.2 Å². The van der Waals surface area contributed by atoms with Crippen LogP contribution >= 0.6 is 0 Å². The molecule has 0 fully saturated rings. The van der Waals surface area contributed by atoms with Crippen LogP contribution in [0.3, 0.4) is 0 Å². The fraction of sp³-hybridized carbons (Fsp3) is 0.609. The number of anilines is 1. The minimum absolute atomic E-state index is 0.167. The molecule has 1 aliphatic heterocycles. The van der Waals surface area contributed by atoms with Gasteiger partial charge in [0.15, 0.2) is 0 Å². The highest BCUT2D eigenvalue weighted by Crippen LogP contribution is 2.28. The zero-order valence-electron chi connectivity index (χ0n) is 17.5. The van der Waals surface area contributed by atoms with E-state index in [1.807, 2.05) is 6.08 Å². The van der Waals surface area contributed by atoms with Crippen molar-refractivity contribution in [3.05, 3.63) is 35.9 Å². The molecule has 0 aromatic heterocycles. The van der Waals surface area contributed by atoms with Crippen LogP contribution in [0.5, 0.6) is 0 Å². The highest BCUT2D eigenvalue weighted by Gasteiger charge is 2.18. The van der Waals surface area contributed by atoms with Crippen LogP contribution in [-0.2, 0) is 11.2 Å². The summed E-state index contributed by atoms with van der Waals surface area (Å²) in [4.78, 5) is 17.1. The Hall–Kier alpha value is -1.81. The number of nitrogens with one attached hydrogen (secondary N) is 1. The van der Waals surface area contributed by atoms with Gasteiger partial charge in [0.2, 0.25) is 5.91 Å². The molecule has 2 rings (SSSR count). The Morgan fingerprint density at radius 1 is 1.37 bits per heavy atom. The minimum Gasteiger partial charge on any atom is -0.371 e. The highest BCUT2D eigenvalue weighted by atomic mass is 16.1. The van der Waals surface area contributed by atoms with Gasteiger partial charge in [0, 0.05) is 31.2 Å². The molecule has 0 radical (unpaired) electrons. The standard InChI is InChI=1S/C23H37N3O/c1-5-20-12-13-22-21(18-20)11-9-16-26(22)17-14-23(27)24-19(4)10-8-15-25(6-2)7-3/h5,12-13,18-19H,1,6-11,14-17H2,2-4H3,(H,24,27). The summed E-state index contributed by atoms with van der Waals surface area (Å²) >= 11 is 0. The Morgan fingerprint density at radius 2 is 2.15 bits per heavy atom. The summed E-state index contributed by atoms with van der Waals surface area (Å²) in [5.41, 5.74) is 3.84. The second-order valence-corrected chi connectivity index (χ2v) is 7.57. The average Bonchev–Trinajstić information content (AvgIpc) is 2.69. The summed E-state index contributed by atoms with van der Waals surface area (Å²) < 4.78 is 0. The first-order valence-corrected chi connectivity index (χ1v) is 10.6. The lowest BCUT2D eigenvalue weighted by molar-refractivity contribution is -0.121. The lowest BCUT2D eigenvalue weighted by atomic mass is 9.99. The van der Waals surface area contributed by atoms with Gasteiger partial charge in [-0.3, -0.25) is 4.79 Å². The summed E-state index contributed by atoms with van der Waals surface area (Å²) in [6, 6.07) is 6.77. The van der Waals surface area contributed by atoms with Crippen LogP contribution in [0, 0.1) is 0 Å². The van der Waals surface area contributed by atoms with Crippen molar-refractivity contribution >= 4 is 17.7 Å². The van der Waals surface area contributed by atoms with Gasteiger partial charge in [-0.2, -0.15) is 0 Å². The molecule has 0 aliphatic carbocycles. The van der Waals surface area contributed by atoms with Gasteiger partial charge in [-0.15, -0.1) is 0 Å². The second kappa shape index (κ2) is 11.1. The second-order valence-electron chi connectivity index (χ2n) is 7.57. The summed E-state index contributed by atoms with van der Waals surface area (Å²) in [5, 5.41) is 3.17. The predicted octanol–water partition coefficient (Wildman–Crippen LogP) is 4.10. The van der Waals surface area contributed by atoms with Crippen LogP contribution < -0.4 is 10.2 Å². The van der Waals surface area contributed by atoms with Gasteiger partial charge < -0.3 is 15.1 Å². The first kappa shape index (κ1) is 21.5. The van der Waals surface area contributed by atoms with Crippen LogP contribution in [0.25, 0.3) is 6.08 Å². The number of amides is 1. The van der Waals surface area contributed by atoms with E-state index in [-0.39, 0.29) is 11.9 Å². The molecule has 0 bridgehead atoms. The van der Waals surface area contributed by atoms with Crippen molar-refractivity contribution < 1.29 is 4.79 Å². The van der Waals surface area contributed by atoms with E-state index >= 15 is 0 Å². The van der Waals surface area contributed by atoms with Gasteiger partial charge in [0.1, 0.15) is 0 Å². The van der Waals surface area contributed by atoms with E-state index in [0.29, 0.717) is 6.42 Å². The van der Waals surface area contributed by atoms with Gasteiger partial charge in [0.05, 0.1) is 0 Å². The Kier molecular flexibility index (Phi) is 8.86. The highest BCUT2D eigenvalue weighted by molar-refractivity contribution is 5.77. The van der Waals surface area contributed by atoms with Crippen LogP contribution in [0.15, 0.2) is 24.8 Å². The average molecular weight is 372 g/mol. The molecular formula is C23H37N3O. The van der Waals surface area contributed by atoms with Gasteiger partial charge >= 0.3 is 0 Å². The molecule has 1 aromatic carbocycles. The molecule has 1 N–H and O–H groups in total. The Morgan fingerprint density at radius 3 is 2.85 bits per heavy atom. The molecule has 1 atom stereocenters. The Bertz CT molecular complexity index is 610. The van der Waals surface area contributed by atoms with E-state index in [2.05, 4.69) is 60.7 Å². The van der Waals surface area contributed by atoms with Gasteiger partial charge in [0.25, 0.3) is 0 Å². The Balaban J connectivity index is 1.75. The molecule has 0 spiro atoms. The topological polar surface area (TPSA) is 35.6 Å². The maximum atomic E-state index is 12.4. The third-order valence-corrected chi connectivity index (χ3v) is 5.58. The zero-order valence-corrected chi connectivity index (χ0v) is 17.5. The van der Waals surface area contributed by atoms with E-state index in [1.165, 1.54) is 16.8 Å². The number of fused-ring (bicyclic) bond motifs is 1. The zero-order chi connectivity index (χ0) is 19.6. The molecule has 1 aliphatic rings. The molecule has 0 saturated heterocycles. The summed E-state index contributed by atoms with van der Waals surface area (Å²) in [7, 11) is 0. The number of benzene rings is 1. The lowest BCUT2D eigenvalue weighted by Gasteiger charge is -2.31. The van der Waals surface area contributed by atoms with Gasteiger partial charge in [-0.25, -0.2) is 0 Å². The van der Waals surface area contributed by atoms with Crippen molar-refractivity contribution in [3.63, 3.8) is 0 Å². The number of carbonyl (C=O) groups excluding carboxylic acids is 1. The van der Waals surface area contributed by atoms with Crippen molar-refractivity contribution in [1.29, 1.82) is 0 Å². The summed E-state index contributed by atoms with van der Waals surface area (Å²) in [6.45, 7) is 15.5. The smallest absolute Gasteiger partial charge is 0.221 e. The number of nitrogens with zero attached hydrogens (tertiary/aromatic N) is 2. The summed E-state index contributed by atoms with van der Waals surface area (Å²) in [6.07, 6.45) is 6.89. The minimum atomic E-state index is 0.167. The maximum absolute atomic E-state index is 12.4. The predicted molar refractivity (Wildman–Crippen MR) is 116 cm³/mol. The van der Waals surface area contributed by atoms with E-state index in [1.54, 1.807) is 0 Å². The van der Waals surface area contributed by atoms with E-state index in [9.17, 15) is 4.79 Å². The third-order valence-electron chi connectivity index (χ3n) is 5.58. The largest absolute Gasteiger partial charge is 0.371 e. The first-order chi connectivity index (χ1) is 13.1. The van der Waals surface area contributed by atoms with Crippen LogP contribution in [0.4, 0.5) is 5.69 Å². The molecule has 1 aromatic rings. The number of hydrogen-bond donors (Lipinski definition) is 1. The number of carbonyl (C=O) groups is 1. The molecular weight excluding hydrogens is 334 g/mol.